The fraction of sp³-hybridized carbons (Fsp3) is 0.529. The number of nitrogens with zero attached hydrogens (tertiary/aromatic N) is 1. The molecule has 2 atom stereocenters. The summed E-state index contributed by atoms with van der Waals surface area (Å²) in [6.45, 7) is 3.16. The normalized spacial score (nSPS) is 23.7. The highest BCUT2D eigenvalue weighted by Crippen LogP contribution is 2.26. The van der Waals surface area contributed by atoms with Gasteiger partial charge in [-0.3, -0.25) is 9.59 Å². The Morgan fingerprint density at radius 1 is 1.33 bits per heavy atom. The van der Waals surface area contributed by atoms with Crippen LogP contribution >= 0.6 is 24.0 Å². The molecule has 132 valence electrons. The molecule has 5 nitrogen and oxygen atoms in total. The number of carbonyl (C=O) groups is 2. The van der Waals surface area contributed by atoms with Crippen LogP contribution in [-0.2, 0) is 9.59 Å². The highest BCUT2D eigenvalue weighted by Gasteiger charge is 2.35. The molecule has 1 aromatic rings. The lowest BCUT2D eigenvalue weighted by molar-refractivity contribution is -0.126. The van der Waals surface area contributed by atoms with E-state index in [-0.39, 0.29) is 36.6 Å². The summed E-state index contributed by atoms with van der Waals surface area (Å²) >= 11 is 5.88. The monoisotopic (exact) mass is 371 g/mol. The van der Waals surface area contributed by atoms with Crippen molar-refractivity contribution < 1.29 is 9.59 Å². The van der Waals surface area contributed by atoms with Crippen molar-refractivity contribution in [3.63, 3.8) is 0 Å². The molecule has 0 bridgehead atoms. The van der Waals surface area contributed by atoms with E-state index >= 15 is 0 Å². The Hall–Kier alpha value is -1.30. The van der Waals surface area contributed by atoms with Gasteiger partial charge in [0.25, 0.3) is 0 Å². The summed E-state index contributed by atoms with van der Waals surface area (Å²) in [4.78, 5) is 26.2. The minimum Gasteiger partial charge on any atom is -0.355 e. The molecule has 2 aliphatic heterocycles. The first-order valence-corrected chi connectivity index (χ1v) is 8.55. The van der Waals surface area contributed by atoms with E-state index in [0.717, 1.165) is 31.6 Å². The summed E-state index contributed by atoms with van der Waals surface area (Å²) in [5.74, 6) is 0.207. The minimum absolute atomic E-state index is 0. The summed E-state index contributed by atoms with van der Waals surface area (Å²) in [5, 5.41) is 7.00. The largest absolute Gasteiger partial charge is 0.355 e. The van der Waals surface area contributed by atoms with Gasteiger partial charge in [-0.25, -0.2) is 0 Å². The molecule has 0 aromatic heterocycles. The Labute approximate surface area is 153 Å². The average molecular weight is 372 g/mol. The van der Waals surface area contributed by atoms with Gasteiger partial charge in [-0.1, -0.05) is 11.6 Å². The molecular weight excluding hydrogens is 349 g/mol. The smallest absolute Gasteiger partial charge is 0.227 e. The molecule has 2 unspecified atom stereocenters. The summed E-state index contributed by atoms with van der Waals surface area (Å²) in [5.41, 5.74) is 0.797. The molecule has 0 saturated carbocycles. The molecule has 2 aliphatic rings. The van der Waals surface area contributed by atoms with E-state index in [1.54, 1.807) is 17.0 Å². The van der Waals surface area contributed by atoms with Crippen LogP contribution in [0.1, 0.15) is 19.3 Å². The quantitative estimate of drug-likeness (QED) is 0.852. The van der Waals surface area contributed by atoms with Crippen LogP contribution in [0.15, 0.2) is 24.3 Å². The first-order chi connectivity index (χ1) is 11.1. The first-order valence-electron chi connectivity index (χ1n) is 8.18. The van der Waals surface area contributed by atoms with Crippen LogP contribution in [0.4, 0.5) is 5.69 Å². The molecule has 1 aromatic carbocycles. The van der Waals surface area contributed by atoms with Gasteiger partial charge in [0.2, 0.25) is 11.8 Å². The number of hydrogen-bond donors (Lipinski definition) is 2. The number of benzene rings is 1. The van der Waals surface area contributed by atoms with Crippen LogP contribution in [0.5, 0.6) is 0 Å². The van der Waals surface area contributed by atoms with Crippen LogP contribution in [0.3, 0.4) is 0 Å². The van der Waals surface area contributed by atoms with Crippen molar-refractivity contribution in [2.45, 2.75) is 19.3 Å². The van der Waals surface area contributed by atoms with Crippen molar-refractivity contribution in [1.29, 1.82) is 0 Å². The minimum atomic E-state index is -0.269. The van der Waals surface area contributed by atoms with Crippen molar-refractivity contribution in [2.24, 2.45) is 11.8 Å². The molecule has 0 radical (unpaired) electrons. The van der Waals surface area contributed by atoms with E-state index in [1.165, 1.54) is 0 Å². The van der Waals surface area contributed by atoms with Gasteiger partial charge in [-0.2, -0.15) is 0 Å². The van der Waals surface area contributed by atoms with Crippen LogP contribution < -0.4 is 15.5 Å². The maximum atomic E-state index is 12.3. The van der Waals surface area contributed by atoms with Crippen LogP contribution in [-0.4, -0.2) is 38.0 Å². The van der Waals surface area contributed by atoms with Crippen molar-refractivity contribution in [3.8, 4) is 0 Å². The number of halogens is 2. The van der Waals surface area contributed by atoms with Gasteiger partial charge in [0.05, 0.1) is 5.92 Å². The third-order valence-corrected chi connectivity index (χ3v) is 4.85. The number of rotatable bonds is 4. The Balaban J connectivity index is 0.00000208. The number of piperidine rings is 1. The number of anilines is 1. The fourth-order valence-electron chi connectivity index (χ4n) is 3.24. The van der Waals surface area contributed by atoms with Gasteiger partial charge in [-0.15, -0.1) is 12.4 Å². The molecule has 7 heteroatoms. The van der Waals surface area contributed by atoms with E-state index in [9.17, 15) is 9.59 Å². The van der Waals surface area contributed by atoms with Gasteiger partial charge >= 0.3 is 0 Å². The lowest BCUT2D eigenvalue weighted by Crippen LogP contribution is -2.40. The fourth-order valence-corrected chi connectivity index (χ4v) is 3.37. The standard InChI is InChI=1S/C17H22ClN3O2.ClH/c18-14-3-5-15(6-4-14)21-11-13(8-16(21)22)17(23)20-10-12-2-1-7-19-9-12;/h3-6,12-13,19H,1-2,7-11H2,(H,20,23);1H. The molecule has 2 fully saturated rings. The van der Waals surface area contributed by atoms with E-state index < -0.39 is 0 Å². The Kier molecular flexibility index (Phi) is 6.90. The van der Waals surface area contributed by atoms with E-state index in [2.05, 4.69) is 10.6 Å². The molecule has 24 heavy (non-hydrogen) atoms. The second-order valence-corrected chi connectivity index (χ2v) is 6.78. The van der Waals surface area contributed by atoms with Crippen LogP contribution in [0, 0.1) is 11.8 Å². The van der Waals surface area contributed by atoms with Crippen LogP contribution in [0.2, 0.25) is 5.02 Å². The molecular formula is C17H23Cl2N3O2. The van der Waals surface area contributed by atoms with E-state index in [4.69, 9.17) is 11.6 Å². The predicted octanol–water partition coefficient (Wildman–Crippen LogP) is 2.23. The lowest BCUT2D eigenvalue weighted by Gasteiger charge is -2.23. The van der Waals surface area contributed by atoms with Crippen molar-refractivity contribution in [1.82, 2.24) is 10.6 Å². The second kappa shape index (κ2) is 8.70. The third kappa shape index (κ3) is 4.62. The first kappa shape index (κ1) is 19.0. The molecule has 2 saturated heterocycles. The zero-order chi connectivity index (χ0) is 16.2. The van der Waals surface area contributed by atoms with Gasteiger partial charge in [0.15, 0.2) is 0 Å². The Morgan fingerprint density at radius 2 is 2.08 bits per heavy atom. The van der Waals surface area contributed by atoms with Crippen LogP contribution in [0.25, 0.3) is 0 Å². The Bertz CT molecular complexity index is 574. The summed E-state index contributed by atoms with van der Waals surface area (Å²) in [6, 6.07) is 7.14. The van der Waals surface area contributed by atoms with Gasteiger partial charge < -0.3 is 15.5 Å². The zero-order valence-corrected chi connectivity index (χ0v) is 15.0. The number of hydrogen-bond acceptors (Lipinski definition) is 3. The summed E-state index contributed by atoms with van der Waals surface area (Å²) in [7, 11) is 0. The average Bonchev–Trinajstić information content (AvgIpc) is 2.96. The van der Waals surface area contributed by atoms with Crippen molar-refractivity contribution >= 4 is 41.5 Å². The number of amides is 2. The molecule has 2 heterocycles. The Morgan fingerprint density at radius 3 is 2.75 bits per heavy atom. The van der Waals surface area contributed by atoms with Gasteiger partial charge in [-0.05, 0) is 56.1 Å². The lowest BCUT2D eigenvalue weighted by atomic mass is 9.99. The van der Waals surface area contributed by atoms with E-state index in [0.29, 0.717) is 24.0 Å². The van der Waals surface area contributed by atoms with E-state index in [1.807, 2.05) is 12.1 Å². The predicted molar refractivity (Wildman–Crippen MR) is 97.8 cm³/mol. The molecule has 0 spiro atoms. The SMILES string of the molecule is Cl.O=C(NCC1CCCNC1)C1CC(=O)N(c2ccc(Cl)cc2)C1. The summed E-state index contributed by atoms with van der Waals surface area (Å²) < 4.78 is 0. The number of carbonyl (C=O) groups excluding carboxylic acids is 2. The summed E-state index contributed by atoms with van der Waals surface area (Å²) in [6.07, 6.45) is 2.58. The van der Waals surface area contributed by atoms with Gasteiger partial charge in [0, 0.05) is 30.2 Å². The number of nitrogens with one attached hydrogen (secondary N) is 2. The highest BCUT2D eigenvalue weighted by atomic mass is 35.5. The maximum absolute atomic E-state index is 12.3. The van der Waals surface area contributed by atoms with Crippen molar-refractivity contribution in [3.05, 3.63) is 29.3 Å². The molecule has 2 N–H and O–H groups in total. The molecule has 0 aliphatic carbocycles. The second-order valence-electron chi connectivity index (χ2n) is 6.34. The third-order valence-electron chi connectivity index (χ3n) is 4.60. The van der Waals surface area contributed by atoms with Gasteiger partial charge in [0.1, 0.15) is 0 Å². The topological polar surface area (TPSA) is 61.4 Å². The molecule has 3 rings (SSSR count). The zero-order valence-electron chi connectivity index (χ0n) is 13.5. The molecule has 2 amide bonds. The maximum Gasteiger partial charge on any atom is 0.227 e. The highest BCUT2D eigenvalue weighted by molar-refractivity contribution is 6.30. The van der Waals surface area contributed by atoms with Crippen molar-refractivity contribution in [2.75, 3.05) is 31.1 Å².